The van der Waals surface area contributed by atoms with Gasteiger partial charge in [0.2, 0.25) is 5.91 Å². The minimum absolute atomic E-state index is 0.0973. The van der Waals surface area contributed by atoms with Gasteiger partial charge in [-0.1, -0.05) is 31.4 Å². The summed E-state index contributed by atoms with van der Waals surface area (Å²) >= 11 is 0. The maximum atomic E-state index is 12.7. The van der Waals surface area contributed by atoms with Crippen molar-refractivity contribution < 1.29 is 9.53 Å². The zero-order valence-corrected chi connectivity index (χ0v) is 16.8. The van der Waals surface area contributed by atoms with Crippen LogP contribution in [0.25, 0.3) is 0 Å². The number of methoxy groups -OCH3 is 1. The first-order valence-electron chi connectivity index (χ1n) is 10.8. The molecule has 1 saturated carbocycles. The fraction of sp³-hybridized carbons (Fsp3) is 0.696. The largest absolute Gasteiger partial charge is 0.497 e. The Hall–Kier alpha value is -1.55. The fourth-order valence-electron chi connectivity index (χ4n) is 5.45. The van der Waals surface area contributed by atoms with E-state index in [4.69, 9.17) is 4.74 Å². The molecule has 2 saturated heterocycles. The Labute approximate surface area is 163 Å². The second-order valence-electron chi connectivity index (χ2n) is 8.86. The van der Waals surface area contributed by atoms with Crippen molar-refractivity contribution in [3.63, 3.8) is 0 Å². The second kappa shape index (κ2) is 8.22. The van der Waals surface area contributed by atoms with Crippen LogP contribution in [0.15, 0.2) is 24.3 Å². The number of hydrogen-bond donors (Lipinski definition) is 0. The highest BCUT2D eigenvalue weighted by Gasteiger charge is 2.46. The number of hydrogen-bond acceptors (Lipinski definition) is 3. The van der Waals surface area contributed by atoms with Gasteiger partial charge in [-0.25, -0.2) is 0 Å². The van der Waals surface area contributed by atoms with Crippen LogP contribution < -0.4 is 4.74 Å². The number of amides is 1. The third kappa shape index (κ3) is 4.16. The molecule has 0 N–H and O–H groups in total. The SMILES string of the molecule is COc1ccc(CN2C(=O)CCC23CCN(CC2CCCCC2)CC3)cc1. The van der Waals surface area contributed by atoms with Crippen LogP contribution in [-0.4, -0.2) is 48.0 Å². The van der Waals surface area contributed by atoms with E-state index in [1.54, 1.807) is 7.11 Å². The van der Waals surface area contributed by atoms with E-state index in [1.165, 1.54) is 44.2 Å². The molecule has 3 aliphatic rings. The molecule has 0 unspecified atom stereocenters. The molecule has 0 radical (unpaired) electrons. The number of benzene rings is 1. The van der Waals surface area contributed by atoms with Crippen LogP contribution in [0.1, 0.15) is 63.4 Å². The number of rotatable bonds is 5. The first-order valence-corrected chi connectivity index (χ1v) is 10.8. The van der Waals surface area contributed by atoms with Crippen LogP contribution in [0.5, 0.6) is 5.75 Å². The molecule has 1 spiro atoms. The molecule has 1 aromatic rings. The Bertz CT molecular complexity index is 628. The molecule has 4 heteroatoms. The van der Waals surface area contributed by atoms with Crippen LogP contribution in [-0.2, 0) is 11.3 Å². The van der Waals surface area contributed by atoms with Crippen LogP contribution in [0.4, 0.5) is 0 Å². The second-order valence-corrected chi connectivity index (χ2v) is 8.86. The molecule has 27 heavy (non-hydrogen) atoms. The molecule has 1 amide bonds. The number of ether oxygens (including phenoxy) is 1. The fourth-order valence-corrected chi connectivity index (χ4v) is 5.45. The first-order chi connectivity index (χ1) is 13.2. The van der Waals surface area contributed by atoms with E-state index in [0.717, 1.165) is 57.0 Å². The van der Waals surface area contributed by atoms with Crippen molar-refractivity contribution in [2.24, 2.45) is 5.92 Å². The number of likely N-dealkylation sites (tertiary alicyclic amines) is 2. The van der Waals surface area contributed by atoms with E-state index >= 15 is 0 Å². The quantitative estimate of drug-likeness (QED) is 0.777. The van der Waals surface area contributed by atoms with E-state index in [0.29, 0.717) is 5.91 Å². The van der Waals surface area contributed by atoms with E-state index in [-0.39, 0.29) is 5.54 Å². The molecule has 4 nitrogen and oxygen atoms in total. The van der Waals surface area contributed by atoms with Gasteiger partial charge in [0.1, 0.15) is 5.75 Å². The summed E-state index contributed by atoms with van der Waals surface area (Å²) in [6, 6.07) is 8.18. The molecule has 1 aromatic carbocycles. The number of carbonyl (C=O) groups is 1. The first kappa shape index (κ1) is 18.8. The molecule has 0 aromatic heterocycles. The molecular weight excluding hydrogens is 336 g/mol. The van der Waals surface area contributed by atoms with E-state index in [1.807, 2.05) is 12.1 Å². The van der Waals surface area contributed by atoms with Crippen molar-refractivity contribution in [3.8, 4) is 5.75 Å². The van der Waals surface area contributed by atoms with Crippen molar-refractivity contribution in [2.45, 2.75) is 69.9 Å². The van der Waals surface area contributed by atoms with Crippen LogP contribution in [0.3, 0.4) is 0 Å². The summed E-state index contributed by atoms with van der Waals surface area (Å²) in [5.41, 5.74) is 1.30. The molecular formula is C23H34N2O2. The van der Waals surface area contributed by atoms with Gasteiger partial charge in [0, 0.05) is 38.1 Å². The van der Waals surface area contributed by atoms with Gasteiger partial charge < -0.3 is 14.5 Å². The van der Waals surface area contributed by atoms with Crippen molar-refractivity contribution in [1.82, 2.24) is 9.80 Å². The lowest BCUT2D eigenvalue weighted by atomic mass is 9.83. The number of nitrogens with zero attached hydrogens (tertiary/aromatic N) is 2. The standard InChI is InChI=1S/C23H34N2O2/c1-27-21-9-7-20(8-10-21)18-25-22(26)11-12-23(25)13-15-24(16-14-23)17-19-5-3-2-4-6-19/h7-10,19H,2-6,11-18H2,1H3. The van der Waals surface area contributed by atoms with Crippen LogP contribution in [0, 0.1) is 5.92 Å². The molecule has 0 bridgehead atoms. The summed E-state index contributed by atoms with van der Waals surface area (Å²) < 4.78 is 5.26. The van der Waals surface area contributed by atoms with Gasteiger partial charge in [0.05, 0.1) is 7.11 Å². The Morgan fingerprint density at radius 3 is 2.41 bits per heavy atom. The van der Waals surface area contributed by atoms with E-state index < -0.39 is 0 Å². The molecule has 2 heterocycles. The van der Waals surface area contributed by atoms with Gasteiger partial charge in [0.15, 0.2) is 0 Å². The number of carbonyl (C=O) groups excluding carboxylic acids is 1. The highest BCUT2D eigenvalue weighted by atomic mass is 16.5. The maximum absolute atomic E-state index is 12.7. The highest BCUT2D eigenvalue weighted by molar-refractivity contribution is 5.79. The van der Waals surface area contributed by atoms with Crippen LogP contribution in [0.2, 0.25) is 0 Å². The summed E-state index contributed by atoms with van der Waals surface area (Å²) in [7, 11) is 1.69. The average molecular weight is 371 g/mol. The summed E-state index contributed by atoms with van der Waals surface area (Å²) in [5.74, 6) is 2.12. The third-order valence-electron chi connectivity index (χ3n) is 7.21. The predicted molar refractivity (Wildman–Crippen MR) is 108 cm³/mol. The molecule has 4 rings (SSSR count). The minimum Gasteiger partial charge on any atom is -0.497 e. The summed E-state index contributed by atoms with van der Waals surface area (Å²) in [5, 5.41) is 0. The van der Waals surface area contributed by atoms with Crippen molar-refractivity contribution in [1.29, 1.82) is 0 Å². The van der Waals surface area contributed by atoms with Gasteiger partial charge in [-0.15, -0.1) is 0 Å². The average Bonchev–Trinajstić information content (AvgIpc) is 3.01. The van der Waals surface area contributed by atoms with Gasteiger partial charge in [-0.05, 0) is 55.7 Å². The number of piperidine rings is 1. The van der Waals surface area contributed by atoms with Gasteiger partial charge in [-0.2, -0.15) is 0 Å². The van der Waals surface area contributed by atoms with Gasteiger partial charge >= 0.3 is 0 Å². The Kier molecular flexibility index (Phi) is 5.72. The lowest BCUT2D eigenvalue weighted by Crippen LogP contribution is -2.53. The Balaban J connectivity index is 1.37. The smallest absolute Gasteiger partial charge is 0.223 e. The van der Waals surface area contributed by atoms with Crippen LogP contribution >= 0.6 is 0 Å². The van der Waals surface area contributed by atoms with Crippen molar-refractivity contribution in [3.05, 3.63) is 29.8 Å². The maximum Gasteiger partial charge on any atom is 0.223 e. The van der Waals surface area contributed by atoms with Gasteiger partial charge in [0.25, 0.3) is 0 Å². The van der Waals surface area contributed by atoms with Crippen molar-refractivity contribution >= 4 is 5.91 Å². The molecule has 2 aliphatic heterocycles. The third-order valence-corrected chi connectivity index (χ3v) is 7.21. The highest BCUT2D eigenvalue weighted by Crippen LogP contribution is 2.40. The minimum atomic E-state index is 0.0973. The summed E-state index contributed by atoms with van der Waals surface area (Å²) in [6.07, 6.45) is 11.2. The van der Waals surface area contributed by atoms with Crippen molar-refractivity contribution in [2.75, 3.05) is 26.7 Å². The topological polar surface area (TPSA) is 32.8 Å². The van der Waals surface area contributed by atoms with Gasteiger partial charge in [-0.3, -0.25) is 4.79 Å². The summed E-state index contributed by atoms with van der Waals surface area (Å²) in [4.78, 5) is 17.5. The predicted octanol–water partition coefficient (Wildman–Crippen LogP) is 4.23. The zero-order chi connectivity index (χ0) is 18.7. The van der Waals surface area contributed by atoms with E-state index in [9.17, 15) is 4.79 Å². The normalized spacial score (nSPS) is 23.9. The Morgan fingerprint density at radius 2 is 1.74 bits per heavy atom. The molecule has 148 valence electrons. The zero-order valence-electron chi connectivity index (χ0n) is 16.8. The lowest BCUT2D eigenvalue weighted by Gasteiger charge is -2.46. The Morgan fingerprint density at radius 1 is 1.04 bits per heavy atom. The lowest BCUT2D eigenvalue weighted by molar-refractivity contribution is -0.133. The van der Waals surface area contributed by atoms with E-state index in [2.05, 4.69) is 21.9 Å². The summed E-state index contributed by atoms with van der Waals surface area (Å²) in [6.45, 7) is 4.33. The molecule has 1 aliphatic carbocycles. The molecule has 3 fully saturated rings. The monoisotopic (exact) mass is 370 g/mol. The molecule has 0 atom stereocenters.